The van der Waals surface area contributed by atoms with E-state index in [1.807, 2.05) is 12.1 Å². The molecule has 11 heteroatoms. The van der Waals surface area contributed by atoms with Gasteiger partial charge in [-0.1, -0.05) is 12.1 Å². The summed E-state index contributed by atoms with van der Waals surface area (Å²) in [4.78, 5) is 49.6. The first kappa shape index (κ1) is 31.1. The molecule has 0 bridgehead atoms. The summed E-state index contributed by atoms with van der Waals surface area (Å²) < 4.78 is 20.3. The maximum absolute atomic E-state index is 12.3. The Labute approximate surface area is 217 Å². The molecule has 0 aliphatic heterocycles. The van der Waals surface area contributed by atoms with Crippen LogP contribution in [0.25, 0.3) is 0 Å². The highest BCUT2D eigenvalue weighted by Crippen LogP contribution is 2.21. The standard InChI is InChI=1S/C25H38N2O8S/c1-9-33-21(29)19(27-23(31)35-25(5,6)7)15-36-17-12-10-16(11-13-17)14-18(20(28)32-8)26-22(30)34-24(2,3)4/h10-13,18-19H,9,14-15H2,1-8H3,(H,26,30)(H,27,31)/t18-,19-/m0/s1. The molecule has 0 fully saturated rings. The first-order chi connectivity index (χ1) is 16.6. The van der Waals surface area contributed by atoms with E-state index in [0.29, 0.717) is 0 Å². The van der Waals surface area contributed by atoms with Gasteiger partial charge >= 0.3 is 24.1 Å². The molecule has 0 saturated heterocycles. The highest BCUT2D eigenvalue weighted by atomic mass is 32.2. The molecule has 0 unspecified atom stereocenters. The fourth-order valence-electron chi connectivity index (χ4n) is 2.78. The van der Waals surface area contributed by atoms with E-state index in [-0.39, 0.29) is 18.8 Å². The summed E-state index contributed by atoms with van der Waals surface area (Å²) in [6.45, 7) is 12.3. The number of esters is 2. The van der Waals surface area contributed by atoms with Crippen molar-refractivity contribution in [2.45, 2.75) is 83.1 Å². The van der Waals surface area contributed by atoms with E-state index < -0.39 is 47.4 Å². The molecule has 0 aliphatic rings. The Morgan fingerprint density at radius 2 is 1.33 bits per heavy atom. The lowest BCUT2D eigenvalue weighted by Crippen LogP contribution is -2.45. The van der Waals surface area contributed by atoms with Gasteiger partial charge in [-0.2, -0.15) is 0 Å². The third-order valence-electron chi connectivity index (χ3n) is 4.22. The second kappa shape index (κ2) is 14.0. The van der Waals surface area contributed by atoms with Crippen molar-refractivity contribution in [2.24, 2.45) is 0 Å². The van der Waals surface area contributed by atoms with Gasteiger partial charge in [0.1, 0.15) is 23.3 Å². The molecule has 0 aliphatic carbocycles. The fourth-order valence-corrected chi connectivity index (χ4v) is 3.69. The van der Waals surface area contributed by atoms with Gasteiger partial charge in [-0.3, -0.25) is 0 Å². The van der Waals surface area contributed by atoms with E-state index >= 15 is 0 Å². The van der Waals surface area contributed by atoms with E-state index in [9.17, 15) is 19.2 Å². The van der Waals surface area contributed by atoms with Gasteiger partial charge in [0.15, 0.2) is 0 Å². The second-order valence-corrected chi connectivity index (χ2v) is 10.9. The zero-order chi connectivity index (χ0) is 27.5. The molecule has 0 radical (unpaired) electrons. The van der Waals surface area contributed by atoms with Crippen LogP contribution in [0.2, 0.25) is 0 Å². The largest absolute Gasteiger partial charge is 0.467 e. The number of hydrogen-bond donors (Lipinski definition) is 2. The molecule has 2 amide bonds. The Bertz CT molecular complexity index is 891. The van der Waals surface area contributed by atoms with Crippen molar-refractivity contribution in [3.63, 3.8) is 0 Å². The summed E-state index contributed by atoms with van der Waals surface area (Å²) in [6.07, 6.45) is -1.22. The predicted molar refractivity (Wildman–Crippen MR) is 136 cm³/mol. The van der Waals surface area contributed by atoms with Crippen LogP contribution in [-0.4, -0.2) is 66.9 Å². The average molecular weight is 527 g/mol. The van der Waals surface area contributed by atoms with Gasteiger partial charge in [-0.05, 0) is 66.2 Å². The first-order valence-electron chi connectivity index (χ1n) is 11.6. The van der Waals surface area contributed by atoms with Crippen molar-refractivity contribution >= 4 is 35.9 Å². The molecule has 2 atom stereocenters. The average Bonchev–Trinajstić information content (AvgIpc) is 2.74. The number of nitrogens with one attached hydrogen (secondary N) is 2. The van der Waals surface area contributed by atoms with Crippen LogP contribution in [0.4, 0.5) is 9.59 Å². The minimum atomic E-state index is -0.922. The molecule has 36 heavy (non-hydrogen) atoms. The number of hydrogen-bond acceptors (Lipinski definition) is 9. The Balaban J connectivity index is 2.82. The Morgan fingerprint density at radius 1 is 0.833 bits per heavy atom. The Kier molecular flexibility index (Phi) is 12.1. The predicted octanol–water partition coefficient (Wildman–Crippen LogP) is 3.84. The minimum absolute atomic E-state index is 0.184. The van der Waals surface area contributed by atoms with Crippen LogP contribution in [0.1, 0.15) is 54.0 Å². The number of thioether (sulfide) groups is 1. The molecule has 1 rings (SSSR count). The molecule has 202 valence electrons. The molecule has 0 aromatic heterocycles. The highest BCUT2D eigenvalue weighted by Gasteiger charge is 2.27. The van der Waals surface area contributed by atoms with E-state index in [1.165, 1.54) is 18.9 Å². The Hall–Kier alpha value is -2.95. The van der Waals surface area contributed by atoms with Gasteiger partial charge in [-0.25, -0.2) is 19.2 Å². The van der Waals surface area contributed by atoms with E-state index in [0.717, 1.165) is 10.5 Å². The molecular formula is C25H38N2O8S. The number of benzene rings is 1. The maximum atomic E-state index is 12.3. The third-order valence-corrected chi connectivity index (χ3v) is 5.32. The van der Waals surface area contributed by atoms with Crippen LogP contribution in [0.5, 0.6) is 0 Å². The smallest absolute Gasteiger partial charge is 0.408 e. The lowest BCUT2D eigenvalue weighted by molar-refractivity contribution is -0.145. The molecule has 1 aromatic rings. The van der Waals surface area contributed by atoms with Crippen LogP contribution in [0, 0.1) is 0 Å². The van der Waals surface area contributed by atoms with Gasteiger partial charge in [0.05, 0.1) is 13.7 Å². The Morgan fingerprint density at radius 3 is 1.78 bits per heavy atom. The number of carbonyl (C=O) groups is 4. The number of carbonyl (C=O) groups excluding carboxylic acids is 4. The van der Waals surface area contributed by atoms with Crippen molar-refractivity contribution in [1.29, 1.82) is 0 Å². The van der Waals surface area contributed by atoms with Crippen molar-refractivity contribution in [3.8, 4) is 0 Å². The summed E-state index contributed by atoms with van der Waals surface area (Å²) in [7, 11) is 1.25. The van der Waals surface area contributed by atoms with Gasteiger partial charge in [0.2, 0.25) is 0 Å². The van der Waals surface area contributed by atoms with Gasteiger partial charge in [0, 0.05) is 17.1 Å². The zero-order valence-corrected chi connectivity index (χ0v) is 23.1. The van der Waals surface area contributed by atoms with Crippen LogP contribution >= 0.6 is 11.8 Å². The second-order valence-electron chi connectivity index (χ2n) is 9.83. The van der Waals surface area contributed by atoms with Gasteiger partial charge in [0.25, 0.3) is 0 Å². The summed E-state index contributed by atoms with van der Waals surface area (Å²) in [5.74, 6) is -0.922. The monoisotopic (exact) mass is 526 g/mol. The fraction of sp³-hybridized carbons (Fsp3) is 0.600. The van der Waals surface area contributed by atoms with E-state index in [1.54, 1.807) is 60.6 Å². The quantitative estimate of drug-likeness (QED) is 0.265. The normalized spacial score (nSPS) is 13.1. The number of methoxy groups -OCH3 is 1. The third kappa shape index (κ3) is 12.7. The summed E-state index contributed by atoms with van der Waals surface area (Å²) in [5.41, 5.74) is -0.629. The summed E-state index contributed by atoms with van der Waals surface area (Å²) in [6, 6.07) is 5.42. The minimum Gasteiger partial charge on any atom is -0.467 e. The molecule has 2 N–H and O–H groups in total. The van der Waals surface area contributed by atoms with Crippen LogP contribution in [-0.2, 0) is 35.0 Å². The van der Waals surface area contributed by atoms with Crippen LogP contribution < -0.4 is 10.6 Å². The van der Waals surface area contributed by atoms with Crippen molar-refractivity contribution in [3.05, 3.63) is 29.8 Å². The van der Waals surface area contributed by atoms with Crippen LogP contribution in [0.15, 0.2) is 29.2 Å². The maximum Gasteiger partial charge on any atom is 0.408 e. The number of rotatable bonds is 10. The van der Waals surface area contributed by atoms with E-state index in [4.69, 9.17) is 18.9 Å². The molecular weight excluding hydrogens is 488 g/mol. The number of alkyl carbamates (subject to hydrolysis) is 2. The van der Waals surface area contributed by atoms with E-state index in [2.05, 4.69) is 10.6 Å². The molecule has 0 saturated carbocycles. The molecule has 0 spiro atoms. The van der Waals surface area contributed by atoms with Gasteiger partial charge in [-0.15, -0.1) is 11.8 Å². The number of amides is 2. The van der Waals surface area contributed by atoms with Gasteiger partial charge < -0.3 is 29.6 Å². The molecule has 10 nitrogen and oxygen atoms in total. The zero-order valence-electron chi connectivity index (χ0n) is 22.3. The molecule has 1 aromatic carbocycles. The van der Waals surface area contributed by atoms with Crippen molar-refractivity contribution in [2.75, 3.05) is 19.5 Å². The van der Waals surface area contributed by atoms with Crippen LogP contribution in [0.3, 0.4) is 0 Å². The lowest BCUT2D eigenvalue weighted by Gasteiger charge is -2.23. The highest BCUT2D eigenvalue weighted by molar-refractivity contribution is 7.99. The SMILES string of the molecule is CCOC(=O)[C@H](CSc1ccc(C[C@H](NC(=O)OC(C)(C)C)C(=O)OC)cc1)NC(=O)OC(C)(C)C. The lowest BCUT2D eigenvalue weighted by atomic mass is 10.1. The molecule has 0 heterocycles. The summed E-state index contributed by atoms with van der Waals surface area (Å²) >= 11 is 1.35. The van der Waals surface area contributed by atoms with Crippen molar-refractivity contribution in [1.82, 2.24) is 10.6 Å². The first-order valence-corrected chi connectivity index (χ1v) is 12.6. The van der Waals surface area contributed by atoms with Crippen molar-refractivity contribution < 1.29 is 38.1 Å². The number of ether oxygens (including phenoxy) is 4. The summed E-state index contributed by atoms with van der Waals surface area (Å²) in [5, 5.41) is 5.10. The topological polar surface area (TPSA) is 129 Å².